The van der Waals surface area contributed by atoms with Crippen molar-refractivity contribution < 1.29 is 19.8 Å². The molecule has 14 heavy (non-hydrogen) atoms. The highest BCUT2D eigenvalue weighted by atomic mass is 32.1. The number of thiol groups is 1. The third-order valence-electron chi connectivity index (χ3n) is 1.77. The van der Waals surface area contributed by atoms with Crippen molar-refractivity contribution in [3.8, 4) is 0 Å². The van der Waals surface area contributed by atoms with Crippen LogP contribution in [0.2, 0.25) is 0 Å². The number of aliphatic carboxylic acids is 1. The largest absolute Gasteiger partial charge is 0.480 e. The zero-order valence-corrected chi connectivity index (χ0v) is 8.99. The highest BCUT2D eigenvalue weighted by Gasteiger charge is 2.26. The average Bonchev–Trinajstić information content (AvgIpc) is 2.11. The van der Waals surface area contributed by atoms with Gasteiger partial charge in [0, 0.05) is 11.7 Å². The maximum Gasteiger partial charge on any atom is 0.328 e. The summed E-state index contributed by atoms with van der Waals surface area (Å²) in [5.41, 5.74) is 0. The number of aliphatic hydroxyl groups excluding tert-OH is 1. The molecule has 82 valence electrons. The van der Waals surface area contributed by atoms with E-state index in [9.17, 15) is 9.59 Å². The molecule has 0 saturated heterocycles. The van der Waals surface area contributed by atoms with Gasteiger partial charge in [-0.3, -0.25) is 4.79 Å². The summed E-state index contributed by atoms with van der Waals surface area (Å²) in [6.07, 6.45) is -1.12. The Bertz CT molecular complexity index is 219. The van der Waals surface area contributed by atoms with Crippen molar-refractivity contribution >= 4 is 24.5 Å². The van der Waals surface area contributed by atoms with Gasteiger partial charge in [-0.15, -0.1) is 0 Å². The minimum atomic E-state index is -1.26. The fourth-order valence-corrected chi connectivity index (χ4v) is 0.933. The number of aliphatic hydroxyl groups is 1. The molecule has 0 aliphatic heterocycles. The molecule has 0 heterocycles. The van der Waals surface area contributed by atoms with Gasteiger partial charge in [-0.1, -0.05) is 6.92 Å². The van der Waals surface area contributed by atoms with Gasteiger partial charge < -0.3 is 15.5 Å². The molecule has 0 bridgehead atoms. The van der Waals surface area contributed by atoms with Crippen LogP contribution in [-0.4, -0.2) is 40.0 Å². The van der Waals surface area contributed by atoms with Crippen molar-refractivity contribution in [2.24, 2.45) is 5.92 Å². The second kappa shape index (κ2) is 5.87. The van der Waals surface area contributed by atoms with Crippen molar-refractivity contribution in [1.82, 2.24) is 5.32 Å². The molecule has 0 aromatic heterocycles. The standard InChI is InChI=1S/C8H15NO4S/c1-4(3-14)7(11)9-6(5(2)10)8(12)13/h4-6,10,14H,3H2,1-2H3,(H,9,11)(H,12,13)/t4?,5?,6-/m0/s1. The molecule has 3 atom stereocenters. The van der Waals surface area contributed by atoms with Crippen molar-refractivity contribution in [2.75, 3.05) is 5.75 Å². The Morgan fingerprint density at radius 3 is 2.21 bits per heavy atom. The lowest BCUT2D eigenvalue weighted by atomic mass is 10.1. The molecule has 1 amide bonds. The molecule has 3 N–H and O–H groups in total. The Morgan fingerprint density at radius 2 is 1.93 bits per heavy atom. The van der Waals surface area contributed by atoms with Crippen molar-refractivity contribution in [1.29, 1.82) is 0 Å². The van der Waals surface area contributed by atoms with E-state index in [0.29, 0.717) is 5.75 Å². The van der Waals surface area contributed by atoms with Crippen LogP contribution in [0.3, 0.4) is 0 Å². The van der Waals surface area contributed by atoms with Crippen LogP contribution in [-0.2, 0) is 9.59 Å². The average molecular weight is 221 g/mol. The molecule has 0 spiro atoms. The summed E-state index contributed by atoms with van der Waals surface area (Å²) in [5, 5.41) is 20.0. The van der Waals surface area contributed by atoms with Crippen molar-refractivity contribution in [3.63, 3.8) is 0 Å². The molecule has 0 saturated carbocycles. The number of carbonyl (C=O) groups excluding carboxylic acids is 1. The molecular formula is C8H15NO4S. The van der Waals surface area contributed by atoms with Gasteiger partial charge in [-0.2, -0.15) is 12.6 Å². The van der Waals surface area contributed by atoms with Gasteiger partial charge in [0.2, 0.25) is 5.91 Å². The summed E-state index contributed by atoms with van der Waals surface area (Å²) in [6, 6.07) is -1.26. The van der Waals surface area contributed by atoms with Crippen LogP contribution in [0.15, 0.2) is 0 Å². The Balaban J connectivity index is 4.31. The second-order valence-electron chi connectivity index (χ2n) is 3.15. The summed E-state index contributed by atoms with van der Waals surface area (Å²) >= 11 is 3.91. The third kappa shape index (κ3) is 3.97. The topological polar surface area (TPSA) is 86.6 Å². The molecular weight excluding hydrogens is 206 g/mol. The number of carboxylic acids is 1. The number of rotatable bonds is 5. The highest BCUT2D eigenvalue weighted by Crippen LogP contribution is 2.00. The molecule has 0 aromatic rings. The lowest BCUT2D eigenvalue weighted by Gasteiger charge is -2.18. The summed E-state index contributed by atoms with van der Waals surface area (Å²) in [6.45, 7) is 2.94. The SMILES string of the molecule is CC(CS)C(=O)N[C@H](C(=O)O)C(C)O. The van der Waals surface area contributed by atoms with E-state index in [0.717, 1.165) is 0 Å². The normalized spacial score (nSPS) is 16.9. The molecule has 6 heteroatoms. The van der Waals surface area contributed by atoms with E-state index in [2.05, 4.69) is 17.9 Å². The second-order valence-corrected chi connectivity index (χ2v) is 3.51. The first-order valence-corrected chi connectivity index (χ1v) is 4.85. The first kappa shape index (κ1) is 13.2. The smallest absolute Gasteiger partial charge is 0.328 e. The van der Waals surface area contributed by atoms with E-state index in [-0.39, 0.29) is 5.92 Å². The monoisotopic (exact) mass is 221 g/mol. The third-order valence-corrected chi connectivity index (χ3v) is 2.32. The number of hydrogen-bond donors (Lipinski definition) is 4. The highest BCUT2D eigenvalue weighted by molar-refractivity contribution is 7.80. The van der Waals surface area contributed by atoms with Crippen LogP contribution in [0.1, 0.15) is 13.8 Å². The first-order valence-electron chi connectivity index (χ1n) is 4.22. The summed E-state index contributed by atoms with van der Waals surface area (Å²) < 4.78 is 0. The number of carbonyl (C=O) groups is 2. The van der Waals surface area contributed by atoms with E-state index in [1.165, 1.54) is 6.92 Å². The van der Waals surface area contributed by atoms with Gasteiger partial charge in [-0.25, -0.2) is 4.79 Å². The van der Waals surface area contributed by atoms with Gasteiger partial charge in [0.1, 0.15) is 0 Å². The Labute approximate surface area is 87.9 Å². The minimum Gasteiger partial charge on any atom is -0.480 e. The molecule has 2 unspecified atom stereocenters. The van der Waals surface area contributed by atoms with Crippen LogP contribution >= 0.6 is 12.6 Å². The first-order chi connectivity index (χ1) is 6.40. The Hall–Kier alpha value is -0.750. The van der Waals surface area contributed by atoms with Gasteiger partial charge in [0.25, 0.3) is 0 Å². The number of carboxylic acid groups (broad SMARTS) is 1. The molecule has 0 aliphatic rings. The van der Waals surface area contributed by atoms with Crippen LogP contribution in [0.4, 0.5) is 0 Å². The number of hydrogen-bond acceptors (Lipinski definition) is 4. The Kier molecular flexibility index (Phi) is 5.56. The van der Waals surface area contributed by atoms with Gasteiger partial charge in [0.05, 0.1) is 6.10 Å². The molecule has 0 rings (SSSR count). The molecule has 0 aromatic carbocycles. The van der Waals surface area contributed by atoms with Crippen LogP contribution in [0.5, 0.6) is 0 Å². The van der Waals surface area contributed by atoms with E-state index in [1.807, 2.05) is 0 Å². The Morgan fingerprint density at radius 1 is 1.43 bits per heavy atom. The van der Waals surface area contributed by atoms with Gasteiger partial charge in [-0.05, 0) is 6.92 Å². The van der Waals surface area contributed by atoms with Gasteiger partial charge in [0.15, 0.2) is 6.04 Å². The number of nitrogens with one attached hydrogen (secondary N) is 1. The summed E-state index contributed by atoms with van der Waals surface area (Å²) in [7, 11) is 0. The quantitative estimate of drug-likeness (QED) is 0.471. The van der Waals surface area contributed by atoms with E-state index < -0.39 is 24.0 Å². The molecule has 0 radical (unpaired) electrons. The fraction of sp³-hybridized carbons (Fsp3) is 0.750. The predicted octanol–water partition coefficient (Wildman–Crippen LogP) is -0.498. The van der Waals surface area contributed by atoms with E-state index >= 15 is 0 Å². The molecule has 0 fully saturated rings. The van der Waals surface area contributed by atoms with E-state index in [1.54, 1.807) is 6.92 Å². The van der Waals surface area contributed by atoms with Crippen LogP contribution < -0.4 is 5.32 Å². The lowest BCUT2D eigenvalue weighted by molar-refractivity contribution is -0.145. The zero-order chi connectivity index (χ0) is 11.3. The van der Waals surface area contributed by atoms with Crippen molar-refractivity contribution in [2.45, 2.75) is 26.0 Å². The van der Waals surface area contributed by atoms with Gasteiger partial charge >= 0.3 is 5.97 Å². The zero-order valence-electron chi connectivity index (χ0n) is 8.10. The number of amides is 1. The van der Waals surface area contributed by atoms with Crippen molar-refractivity contribution in [3.05, 3.63) is 0 Å². The maximum atomic E-state index is 11.3. The maximum absolute atomic E-state index is 11.3. The molecule has 0 aliphatic carbocycles. The fourth-order valence-electron chi connectivity index (χ4n) is 0.767. The summed E-state index contributed by atoms with van der Waals surface area (Å²) in [5.74, 6) is -1.72. The predicted molar refractivity (Wildman–Crippen MR) is 54.3 cm³/mol. The van der Waals surface area contributed by atoms with Crippen LogP contribution in [0, 0.1) is 5.92 Å². The lowest BCUT2D eigenvalue weighted by Crippen LogP contribution is -2.49. The molecule has 5 nitrogen and oxygen atoms in total. The van der Waals surface area contributed by atoms with E-state index in [4.69, 9.17) is 10.2 Å². The minimum absolute atomic E-state index is 0.331. The summed E-state index contributed by atoms with van der Waals surface area (Å²) in [4.78, 5) is 21.9. The van der Waals surface area contributed by atoms with Crippen LogP contribution in [0.25, 0.3) is 0 Å².